The maximum absolute atomic E-state index is 13.1. The highest BCUT2D eigenvalue weighted by molar-refractivity contribution is 7.98. The Morgan fingerprint density at radius 2 is 1.67 bits per heavy atom. The zero-order chi connectivity index (χ0) is 23.4. The number of thioether (sulfide) groups is 1. The minimum Gasteiger partial charge on any atom is -0.292 e. The molecule has 0 atom stereocenters. The number of H-pyrrole nitrogens is 1. The van der Waals surface area contributed by atoms with Gasteiger partial charge in [-0.05, 0) is 54.6 Å². The minimum atomic E-state index is -4.50. The maximum Gasteiger partial charge on any atom is 0.416 e. The van der Waals surface area contributed by atoms with Gasteiger partial charge < -0.3 is 0 Å². The molecule has 0 aliphatic rings. The van der Waals surface area contributed by atoms with E-state index in [0.29, 0.717) is 22.2 Å². The van der Waals surface area contributed by atoms with Crippen LogP contribution in [0.4, 0.5) is 24.5 Å². The van der Waals surface area contributed by atoms with Crippen LogP contribution in [-0.4, -0.2) is 9.78 Å². The van der Waals surface area contributed by atoms with E-state index in [0.717, 1.165) is 17.0 Å². The third-order valence-corrected chi connectivity index (χ3v) is 5.88. The number of aromatic nitrogens is 2. The maximum atomic E-state index is 13.1. The van der Waals surface area contributed by atoms with E-state index in [9.17, 15) is 18.0 Å². The van der Waals surface area contributed by atoms with Gasteiger partial charge in [-0.25, -0.2) is 4.68 Å². The first kappa shape index (κ1) is 22.9. The van der Waals surface area contributed by atoms with Gasteiger partial charge in [0, 0.05) is 15.7 Å². The molecule has 0 radical (unpaired) electrons. The van der Waals surface area contributed by atoms with Gasteiger partial charge in [0.15, 0.2) is 5.69 Å². The first-order valence-corrected chi connectivity index (χ1v) is 11.0. The average Bonchev–Trinajstić information content (AvgIpc) is 3.12. The van der Waals surface area contributed by atoms with Crippen molar-refractivity contribution in [2.24, 2.45) is 10.2 Å². The fourth-order valence-electron chi connectivity index (χ4n) is 2.97. The highest BCUT2D eigenvalue weighted by Gasteiger charge is 2.30. The van der Waals surface area contributed by atoms with Crippen LogP contribution in [-0.2, 0) is 11.9 Å². The topological polar surface area (TPSA) is 62.5 Å². The Kier molecular flexibility index (Phi) is 6.71. The number of alkyl halides is 3. The summed E-state index contributed by atoms with van der Waals surface area (Å²) in [5.41, 5.74) is -0.192. The van der Waals surface area contributed by atoms with Crippen molar-refractivity contribution in [2.45, 2.75) is 16.8 Å². The third-order valence-electron chi connectivity index (χ3n) is 4.59. The van der Waals surface area contributed by atoms with Gasteiger partial charge >= 0.3 is 6.18 Å². The summed E-state index contributed by atoms with van der Waals surface area (Å²) in [6.45, 7) is 0. The van der Waals surface area contributed by atoms with Crippen molar-refractivity contribution < 1.29 is 13.2 Å². The summed E-state index contributed by atoms with van der Waals surface area (Å²) in [6, 6.07) is 20.6. The number of halogens is 4. The summed E-state index contributed by atoms with van der Waals surface area (Å²) in [7, 11) is 0. The number of benzene rings is 3. The van der Waals surface area contributed by atoms with E-state index in [-0.39, 0.29) is 11.4 Å². The molecule has 0 saturated carbocycles. The molecular formula is C23H16ClF3N4OS. The van der Waals surface area contributed by atoms with Crippen molar-refractivity contribution in [3.8, 4) is 5.69 Å². The van der Waals surface area contributed by atoms with Crippen LogP contribution in [0.2, 0.25) is 5.02 Å². The number of nitrogens with zero attached hydrogens (tertiary/aromatic N) is 3. The van der Waals surface area contributed by atoms with E-state index in [1.807, 2.05) is 18.2 Å². The predicted octanol–water partition coefficient (Wildman–Crippen LogP) is 7.55. The largest absolute Gasteiger partial charge is 0.416 e. The first-order chi connectivity index (χ1) is 15.8. The second-order valence-electron chi connectivity index (χ2n) is 6.91. The Morgan fingerprint density at radius 3 is 2.36 bits per heavy atom. The average molecular weight is 489 g/mol. The van der Waals surface area contributed by atoms with E-state index < -0.39 is 17.3 Å². The number of aromatic amines is 1. The molecule has 0 spiro atoms. The van der Waals surface area contributed by atoms with Gasteiger partial charge in [0.05, 0.1) is 22.6 Å². The smallest absolute Gasteiger partial charge is 0.292 e. The monoisotopic (exact) mass is 488 g/mol. The fraction of sp³-hybridized carbons (Fsp3) is 0.0870. The second-order valence-corrected chi connectivity index (χ2v) is 8.39. The lowest BCUT2D eigenvalue weighted by atomic mass is 10.2. The molecule has 1 N–H and O–H groups in total. The SMILES string of the molecule is O=c1c(N=Nc2cccc(C(F)(F)F)c2)c(CSc2ccc(Cl)cc2)[nH]n1-c1ccccc1. The molecule has 5 nitrogen and oxygen atoms in total. The Hall–Kier alpha value is -3.30. The second kappa shape index (κ2) is 9.68. The molecule has 0 aliphatic heterocycles. The zero-order valence-corrected chi connectivity index (χ0v) is 18.5. The van der Waals surface area contributed by atoms with Crippen molar-refractivity contribution in [3.05, 3.63) is 105 Å². The molecule has 10 heteroatoms. The Labute approximate surface area is 195 Å². The number of rotatable bonds is 6. The molecule has 0 bridgehead atoms. The highest BCUT2D eigenvalue weighted by atomic mass is 35.5. The fourth-order valence-corrected chi connectivity index (χ4v) is 3.94. The molecule has 0 fully saturated rings. The van der Waals surface area contributed by atoms with Crippen molar-refractivity contribution in [1.29, 1.82) is 0 Å². The quantitative estimate of drug-likeness (QED) is 0.225. The molecule has 0 unspecified atom stereocenters. The molecular weight excluding hydrogens is 473 g/mol. The van der Waals surface area contributed by atoms with E-state index in [2.05, 4.69) is 15.3 Å². The molecule has 1 heterocycles. The van der Waals surface area contributed by atoms with Crippen LogP contribution < -0.4 is 5.56 Å². The summed E-state index contributed by atoms with van der Waals surface area (Å²) in [5, 5.41) is 11.6. The molecule has 4 aromatic rings. The Balaban J connectivity index is 1.69. The summed E-state index contributed by atoms with van der Waals surface area (Å²) >= 11 is 7.38. The van der Waals surface area contributed by atoms with E-state index in [4.69, 9.17) is 11.6 Å². The van der Waals surface area contributed by atoms with E-state index in [1.165, 1.54) is 28.6 Å². The minimum absolute atomic E-state index is 0.00649. The zero-order valence-electron chi connectivity index (χ0n) is 16.9. The third kappa shape index (κ3) is 5.55. The van der Waals surface area contributed by atoms with Crippen molar-refractivity contribution >= 4 is 34.7 Å². The molecule has 0 saturated heterocycles. The molecule has 168 valence electrons. The lowest BCUT2D eigenvalue weighted by Gasteiger charge is -2.05. The van der Waals surface area contributed by atoms with Crippen LogP contribution >= 0.6 is 23.4 Å². The first-order valence-electron chi connectivity index (χ1n) is 9.68. The van der Waals surface area contributed by atoms with E-state index >= 15 is 0 Å². The number of hydrogen-bond donors (Lipinski definition) is 1. The molecule has 0 aliphatic carbocycles. The van der Waals surface area contributed by atoms with Crippen molar-refractivity contribution in [1.82, 2.24) is 9.78 Å². The summed E-state index contributed by atoms with van der Waals surface area (Å²) in [6.07, 6.45) is -4.50. The lowest BCUT2D eigenvalue weighted by Crippen LogP contribution is -2.13. The van der Waals surface area contributed by atoms with Crippen LogP contribution in [0, 0.1) is 0 Å². The van der Waals surface area contributed by atoms with Crippen molar-refractivity contribution in [3.63, 3.8) is 0 Å². The Morgan fingerprint density at radius 1 is 0.939 bits per heavy atom. The summed E-state index contributed by atoms with van der Waals surface area (Å²) in [4.78, 5) is 14.0. The van der Waals surface area contributed by atoms with Gasteiger partial charge in [-0.1, -0.05) is 35.9 Å². The van der Waals surface area contributed by atoms with Crippen LogP contribution in [0.1, 0.15) is 11.3 Å². The van der Waals surface area contributed by atoms with Crippen molar-refractivity contribution in [2.75, 3.05) is 0 Å². The number of hydrogen-bond acceptors (Lipinski definition) is 4. The number of azo groups is 1. The highest BCUT2D eigenvalue weighted by Crippen LogP contribution is 2.32. The van der Waals surface area contributed by atoms with Crippen LogP contribution in [0.5, 0.6) is 0 Å². The number of nitrogens with one attached hydrogen (secondary N) is 1. The molecule has 3 aromatic carbocycles. The van der Waals surface area contributed by atoms with Crippen LogP contribution in [0.25, 0.3) is 5.69 Å². The standard InChI is InChI=1S/C23H16ClF3N4OS/c24-16-9-11-19(12-10-16)33-14-20-21(22(32)31(30-20)18-7-2-1-3-8-18)29-28-17-6-4-5-15(13-17)23(25,26)27/h1-13,30H,14H2. The molecule has 1 aromatic heterocycles. The molecule has 4 rings (SSSR count). The molecule has 0 amide bonds. The molecule has 33 heavy (non-hydrogen) atoms. The summed E-state index contributed by atoms with van der Waals surface area (Å²) < 4.78 is 40.3. The van der Waals surface area contributed by atoms with Gasteiger partial charge in [0.1, 0.15) is 0 Å². The van der Waals surface area contributed by atoms with Crippen LogP contribution in [0.3, 0.4) is 0 Å². The number of para-hydroxylation sites is 1. The van der Waals surface area contributed by atoms with Gasteiger partial charge in [-0.15, -0.1) is 16.9 Å². The van der Waals surface area contributed by atoms with Gasteiger partial charge in [0.2, 0.25) is 0 Å². The normalized spacial score (nSPS) is 11.9. The van der Waals surface area contributed by atoms with Crippen LogP contribution in [0.15, 0.2) is 98.8 Å². The summed E-state index contributed by atoms with van der Waals surface area (Å²) in [5.74, 6) is 0.355. The van der Waals surface area contributed by atoms with Gasteiger partial charge in [-0.2, -0.15) is 18.3 Å². The predicted molar refractivity (Wildman–Crippen MR) is 123 cm³/mol. The van der Waals surface area contributed by atoms with Gasteiger partial charge in [-0.3, -0.25) is 9.89 Å². The Bertz CT molecular complexity index is 1330. The lowest BCUT2D eigenvalue weighted by molar-refractivity contribution is -0.137. The van der Waals surface area contributed by atoms with E-state index in [1.54, 1.807) is 36.4 Å². The van der Waals surface area contributed by atoms with Gasteiger partial charge in [0.25, 0.3) is 5.56 Å².